The van der Waals surface area contributed by atoms with E-state index in [1.165, 1.54) is 25.7 Å². The van der Waals surface area contributed by atoms with Gasteiger partial charge in [-0.15, -0.1) is 0 Å². The van der Waals surface area contributed by atoms with Crippen molar-refractivity contribution in [2.75, 3.05) is 13.2 Å². The number of ether oxygens (including phenoxy) is 1. The third-order valence-electron chi connectivity index (χ3n) is 4.09. The lowest BCUT2D eigenvalue weighted by Crippen LogP contribution is -2.37. The van der Waals surface area contributed by atoms with Crippen molar-refractivity contribution in [3.05, 3.63) is 11.7 Å². The van der Waals surface area contributed by atoms with Gasteiger partial charge in [0.1, 0.15) is 6.10 Å². The monoisotopic (exact) mass is 281 g/mol. The van der Waals surface area contributed by atoms with Crippen LogP contribution in [0.2, 0.25) is 0 Å². The average Bonchev–Trinajstić information content (AvgIpc) is 3.10. The van der Waals surface area contributed by atoms with Crippen LogP contribution in [-0.4, -0.2) is 29.3 Å². The van der Waals surface area contributed by atoms with Crippen LogP contribution in [0.25, 0.3) is 0 Å². The molecule has 0 spiro atoms. The summed E-state index contributed by atoms with van der Waals surface area (Å²) in [5.41, 5.74) is 0. The van der Waals surface area contributed by atoms with Gasteiger partial charge in [-0.25, -0.2) is 0 Å². The van der Waals surface area contributed by atoms with Gasteiger partial charge >= 0.3 is 0 Å². The van der Waals surface area contributed by atoms with Gasteiger partial charge in [0.25, 0.3) is 0 Å². The molecule has 0 aromatic carbocycles. The molecule has 1 aliphatic rings. The van der Waals surface area contributed by atoms with Crippen molar-refractivity contribution in [1.29, 1.82) is 0 Å². The van der Waals surface area contributed by atoms with Gasteiger partial charge in [-0.1, -0.05) is 24.9 Å². The van der Waals surface area contributed by atoms with Crippen LogP contribution in [0.4, 0.5) is 0 Å². The number of likely N-dealkylation sites (N-methyl/N-ethyl adjacent to an activating group) is 1. The number of rotatable bonds is 8. The first-order valence-electron chi connectivity index (χ1n) is 7.92. The second-order valence-electron chi connectivity index (χ2n) is 5.56. The highest BCUT2D eigenvalue weighted by Crippen LogP contribution is 2.29. The molecule has 2 unspecified atom stereocenters. The smallest absolute Gasteiger partial charge is 0.228 e. The Balaban J connectivity index is 1.95. The SMILES string of the molecule is CCNC(Cc1nc(C(C)OCC)no1)C1CCCC1. The maximum absolute atomic E-state index is 5.49. The van der Waals surface area contributed by atoms with Crippen molar-refractivity contribution >= 4 is 0 Å². The molecule has 114 valence electrons. The van der Waals surface area contributed by atoms with Gasteiger partial charge in [0.05, 0.1) is 0 Å². The molecule has 1 aromatic heterocycles. The van der Waals surface area contributed by atoms with Gasteiger partial charge in [0.15, 0.2) is 5.82 Å². The number of nitrogens with one attached hydrogen (secondary N) is 1. The normalized spacial score (nSPS) is 19.4. The molecule has 0 radical (unpaired) electrons. The zero-order chi connectivity index (χ0) is 14.4. The third-order valence-corrected chi connectivity index (χ3v) is 4.09. The maximum Gasteiger partial charge on any atom is 0.228 e. The molecule has 0 aliphatic heterocycles. The largest absolute Gasteiger partial charge is 0.371 e. The molecule has 20 heavy (non-hydrogen) atoms. The fourth-order valence-electron chi connectivity index (χ4n) is 3.06. The van der Waals surface area contributed by atoms with Gasteiger partial charge in [-0.05, 0) is 39.2 Å². The van der Waals surface area contributed by atoms with Crippen molar-refractivity contribution < 1.29 is 9.26 Å². The van der Waals surface area contributed by atoms with Crippen LogP contribution < -0.4 is 5.32 Å². The minimum absolute atomic E-state index is 0.0958. The second kappa shape index (κ2) is 7.74. The maximum atomic E-state index is 5.49. The van der Waals surface area contributed by atoms with E-state index < -0.39 is 0 Å². The first-order chi connectivity index (χ1) is 9.74. The summed E-state index contributed by atoms with van der Waals surface area (Å²) < 4.78 is 10.9. The summed E-state index contributed by atoms with van der Waals surface area (Å²) in [6.45, 7) is 7.72. The van der Waals surface area contributed by atoms with Crippen molar-refractivity contribution in [3.63, 3.8) is 0 Å². The molecule has 1 aliphatic carbocycles. The van der Waals surface area contributed by atoms with Crippen LogP contribution in [0.1, 0.15) is 64.3 Å². The van der Waals surface area contributed by atoms with Gasteiger partial charge in [0.2, 0.25) is 5.89 Å². The summed E-state index contributed by atoms with van der Waals surface area (Å²) in [7, 11) is 0. The molecule has 1 aromatic rings. The van der Waals surface area contributed by atoms with E-state index in [-0.39, 0.29) is 6.10 Å². The third kappa shape index (κ3) is 4.03. The Kier molecular flexibility index (Phi) is 5.98. The summed E-state index contributed by atoms with van der Waals surface area (Å²) in [6, 6.07) is 0.457. The van der Waals surface area contributed by atoms with Crippen molar-refractivity contribution in [2.45, 2.75) is 65.0 Å². The van der Waals surface area contributed by atoms with Gasteiger partial charge in [-0.3, -0.25) is 0 Å². The summed E-state index contributed by atoms with van der Waals surface area (Å²) in [5, 5.41) is 7.61. The Labute approximate surface area is 121 Å². The highest BCUT2D eigenvalue weighted by molar-refractivity contribution is 4.94. The predicted octanol–water partition coefficient (Wildman–Crippen LogP) is 2.88. The van der Waals surface area contributed by atoms with Crippen molar-refractivity contribution in [2.24, 2.45) is 5.92 Å². The van der Waals surface area contributed by atoms with E-state index in [1.807, 2.05) is 13.8 Å². The Morgan fingerprint density at radius 3 is 2.75 bits per heavy atom. The Hall–Kier alpha value is -0.940. The predicted molar refractivity (Wildman–Crippen MR) is 77.5 cm³/mol. The van der Waals surface area contributed by atoms with Crippen LogP contribution in [0, 0.1) is 5.92 Å². The highest BCUT2D eigenvalue weighted by Gasteiger charge is 2.26. The Morgan fingerprint density at radius 2 is 2.10 bits per heavy atom. The molecule has 0 amide bonds. The molecule has 2 atom stereocenters. The zero-order valence-corrected chi connectivity index (χ0v) is 12.9. The van der Waals surface area contributed by atoms with Crippen molar-refractivity contribution in [3.8, 4) is 0 Å². The average molecular weight is 281 g/mol. The highest BCUT2D eigenvalue weighted by atomic mass is 16.5. The Morgan fingerprint density at radius 1 is 1.35 bits per heavy atom. The second-order valence-corrected chi connectivity index (χ2v) is 5.56. The van der Waals surface area contributed by atoms with Crippen LogP contribution in [0.5, 0.6) is 0 Å². The summed E-state index contributed by atoms with van der Waals surface area (Å²) in [6.07, 6.45) is 6.06. The summed E-state index contributed by atoms with van der Waals surface area (Å²) in [4.78, 5) is 4.48. The van der Waals surface area contributed by atoms with Crippen LogP contribution >= 0.6 is 0 Å². The molecule has 5 heteroatoms. The minimum atomic E-state index is -0.0958. The van der Waals surface area contributed by atoms with E-state index in [0.29, 0.717) is 18.5 Å². The van der Waals surface area contributed by atoms with Gasteiger partial charge < -0.3 is 14.6 Å². The van der Waals surface area contributed by atoms with E-state index in [1.54, 1.807) is 0 Å². The van der Waals surface area contributed by atoms with E-state index in [0.717, 1.165) is 24.8 Å². The van der Waals surface area contributed by atoms with E-state index in [9.17, 15) is 0 Å². The molecular weight excluding hydrogens is 254 g/mol. The van der Waals surface area contributed by atoms with Crippen LogP contribution in [0.3, 0.4) is 0 Å². The first-order valence-corrected chi connectivity index (χ1v) is 7.92. The van der Waals surface area contributed by atoms with Crippen LogP contribution in [-0.2, 0) is 11.2 Å². The lowest BCUT2D eigenvalue weighted by Gasteiger charge is -2.22. The zero-order valence-electron chi connectivity index (χ0n) is 12.9. The van der Waals surface area contributed by atoms with Crippen molar-refractivity contribution in [1.82, 2.24) is 15.5 Å². The Bertz CT molecular complexity index is 388. The fraction of sp³-hybridized carbons (Fsp3) is 0.867. The number of aromatic nitrogens is 2. The number of hydrogen-bond donors (Lipinski definition) is 1. The standard InChI is InChI=1S/C15H27N3O2/c1-4-16-13(12-8-6-7-9-12)10-14-17-15(18-20-14)11(3)19-5-2/h11-13,16H,4-10H2,1-3H3. The van der Waals surface area contributed by atoms with Gasteiger partial charge in [0, 0.05) is 19.1 Å². The molecule has 1 N–H and O–H groups in total. The topological polar surface area (TPSA) is 60.2 Å². The molecule has 2 rings (SSSR count). The number of nitrogens with zero attached hydrogens (tertiary/aromatic N) is 2. The lowest BCUT2D eigenvalue weighted by atomic mass is 9.95. The summed E-state index contributed by atoms with van der Waals surface area (Å²) in [5.74, 6) is 2.13. The molecule has 1 fully saturated rings. The lowest BCUT2D eigenvalue weighted by molar-refractivity contribution is 0.0683. The molecule has 5 nitrogen and oxygen atoms in total. The van der Waals surface area contributed by atoms with Gasteiger partial charge in [-0.2, -0.15) is 4.98 Å². The molecule has 1 heterocycles. The molecule has 0 saturated heterocycles. The van der Waals surface area contributed by atoms with E-state index >= 15 is 0 Å². The quantitative estimate of drug-likeness (QED) is 0.794. The molecule has 0 bridgehead atoms. The van der Waals surface area contributed by atoms with E-state index in [4.69, 9.17) is 9.26 Å². The summed E-state index contributed by atoms with van der Waals surface area (Å²) >= 11 is 0. The van der Waals surface area contributed by atoms with Crippen LogP contribution in [0.15, 0.2) is 4.52 Å². The first kappa shape index (κ1) is 15.4. The molecule has 1 saturated carbocycles. The molecular formula is C15H27N3O2. The van der Waals surface area contributed by atoms with E-state index in [2.05, 4.69) is 22.4 Å². The fourth-order valence-corrected chi connectivity index (χ4v) is 3.06. The number of hydrogen-bond acceptors (Lipinski definition) is 5. The minimum Gasteiger partial charge on any atom is -0.371 e.